The lowest BCUT2D eigenvalue weighted by atomic mass is 10.1. The number of pyridine rings is 2. The van der Waals surface area contributed by atoms with Crippen molar-refractivity contribution in [1.29, 1.82) is 0 Å². The minimum Gasteiger partial charge on any atom is -0.444 e. The highest BCUT2D eigenvalue weighted by molar-refractivity contribution is 6.34. The Morgan fingerprint density at radius 1 is 0.540 bits per heavy atom. The summed E-state index contributed by atoms with van der Waals surface area (Å²) >= 11 is 19.8. The van der Waals surface area contributed by atoms with Crippen LogP contribution in [0.25, 0.3) is 43.6 Å². The topological polar surface area (TPSA) is 240 Å². The summed E-state index contributed by atoms with van der Waals surface area (Å²) in [7, 11) is 8.40. The molecule has 464 valence electrons. The number of nitrogens with zero attached hydrogens (tertiary/aromatic N) is 15. The molecule has 3 N–H and O–H groups in total. The molecule has 10 heterocycles. The number of aromatic nitrogens is 10. The Morgan fingerprint density at radius 3 is 1.36 bits per heavy atom. The van der Waals surface area contributed by atoms with Crippen LogP contribution in [-0.2, 0) is 9.47 Å². The van der Waals surface area contributed by atoms with Crippen molar-refractivity contribution in [3.05, 3.63) is 74.5 Å². The highest BCUT2D eigenvalue weighted by Gasteiger charge is 2.34. The number of benzene rings is 2. The molecule has 4 aliphatic heterocycles. The zero-order valence-corrected chi connectivity index (χ0v) is 54.2. The zero-order chi connectivity index (χ0) is 62.4. The van der Waals surface area contributed by atoms with Gasteiger partial charge in [-0.2, -0.15) is 20.2 Å². The van der Waals surface area contributed by atoms with Crippen LogP contribution >= 0.6 is 34.8 Å². The Kier molecular flexibility index (Phi) is 18.3. The van der Waals surface area contributed by atoms with Gasteiger partial charge in [0.2, 0.25) is 23.0 Å². The SMILES string of the molecule is CN(C)C1CNC1.Cc1cc2c(N3CCN(C(=O)OC(C)(C)C)CC3)nc(Cl)nc2c(Oc2c(Cl)c(C)cc3[nH]ncc23)n1.Cc1cc2c(N3CCN(C(=O)OC(C)(C)C)CC3)nc(N3CC(N(C)C)C3)nc2c(Oc2c(Cl)c(C)cc3[nH]ncc23)n1. The number of carbonyl (C=O) groups excluding carboxylic acids is 2. The summed E-state index contributed by atoms with van der Waals surface area (Å²) in [5.74, 6) is 3.60. The molecule has 4 fully saturated rings. The molecule has 0 spiro atoms. The van der Waals surface area contributed by atoms with Gasteiger partial charge in [0, 0.05) is 102 Å². The molecule has 4 saturated heterocycles. The molecule has 87 heavy (non-hydrogen) atoms. The monoisotopic (exact) mass is 1250 g/mol. The van der Waals surface area contributed by atoms with E-state index >= 15 is 0 Å². The number of likely N-dealkylation sites (N-methyl/N-ethyl adjacent to an activating group) is 2. The molecular weight excluding hydrogens is 1180 g/mol. The largest absolute Gasteiger partial charge is 0.444 e. The quantitative estimate of drug-likeness (QED) is 0.114. The van der Waals surface area contributed by atoms with Crippen molar-refractivity contribution in [2.75, 3.05) is 121 Å². The lowest BCUT2D eigenvalue weighted by Crippen LogP contribution is -2.58. The first kappa shape index (κ1) is 62.7. The maximum Gasteiger partial charge on any atom is 0.410 e. The number of piperazine rings is 2. The van der Waals surface area contributed by atoms with Gasteiger partial charge in [-0.3, -0.25) is 10.2 Å². The highest BCUT2D eigenvalue weighted by atomic mass is 35.5. The third-order valence-electron chi connectivity index (χ3n) is 15.3. The van der Waals surface area contributed by atoms with Crippen LogP contribution in [0.5, 0.6) is 23.3 Å². The fraction of sp³-hybridized carbons (Fsp3) is 0.500. The Balaban J connectivity index is 0.000000174. The molecule has 6 aromatic heterocycles. The number of H-pyrrole nitrogens is 2. The maximum absolute atomic E-state index is 12.7. The van der Waals surface area contributed by atoms with Crippen molar-refractivity contribution in [3.8, 4) is 23.3 Å². The second-order valence-corrected chi connectivity index (χ2v) is 25.9. The summed E-state index contributed by atoms with van der Waals surface area (Å²) in [6.45, 7) is 27.1. The molecule has 0 unspecified atom stereocenters. The summed E-state index contributed by atoms with van der Waals surface area (Å²) in [5, 5.41) is 21.5. The third-order valence-corrected chi connectivity index (χ3v) is 16.5. The third kappa shape index (κ3) is 14.2. The number of ether oxygens (including phenoxy) is 4. The maximum atomic E-state index is 12.7. The summed E-state index contributed by atoms with van der Waals surface area (Å²) in [4.78, 5) is 68.1. The minimum atomic E-state index is -0.548. The van der Waals surface area contributed by atoms with Gasteiger partial charge in [0.05, 0.1) is 55.0 Å². The number of halogens is 3. The van der Waals surface area contributed by atoms with Crippen LogP contribution in [0.2, 0.25) is 15.3 Å². The van der Waals surface area contributed by atoms with Crippen LogP contribution < -0.4 is 29.5 Å². The number of aryl methyl sites for hydroxylation is 4. The average molecular weight is 1250 g/mol. The van der Waals surface area contributed by atoms with Gasteiger partial charge in [-0.15, -0.1) is 0 Å². The summed E-state index contributed by atoms with van der Waals surface area (Å²) in [5.41, 5.74) is 4.76. The number of fused-ring (bicyclic) bond motifs is 4. The number of amides is 2. The lowest BCUT2D eigenvalue weighted by Gasteiger charge is -2.43. The van der Waals surface area contributed by atoms with Crippen molar-refractivity contribution in [3.63, 3.8) is 0 Å². The number of rotatable bonds is 9. The molecule has 24 nitrogen and oxygen atoms in total. The van der Waals surface area contributed by atoms with Crippen LogP contribution in [0, 0.1) is 27.7 Å². The van der Waals surface area contributed by atoms with Crippen molar-refractivity contribution in [1.82, 2.24) is 75.2 Å². The van der Waals surface area contributed by atoms with Gasteiger partial charge in [0.25, 0.3) is 0 Å². The van der Waals surface area contributed by atoms with E-state index in [4.69, 9.17) is 68.7 Å². The summed E-state index contributed by atoms with van der Waals surface area (Å²) in [6.07, 6.45) is 2.73. The van der Waals surface area contributed by atoms with E-state index in [1.165, 1.54) is 13.1 Å². The number of hydrogen-bond donors (Lipinski definition) is 3. The molecule has 12 rings (SSSR count). The van der Waals surface area contributed by atoms with Crippen molar-refractivity contribution >= 4 is 108 Å². The first-order valence-electron chi connectivity index (χ1n) is 29.1. The predicted octanol–water partition coefficient (Wildman–Crippen LogP) is 9.96. The highest BCUT2D eigenvalue weighted by Crippen LogP contribution is 2.43. The second kappa shape index (κ2) is 25.4. The van der Waals surface area contributed by atoms with E-state index in [1.807, 2.05) is 93.5 Å². The van der Waals surface area contributed by atoms with Gasteiger partial charge in [0.15, 0.2) is 11.5 Å². The number of anilines is 3. The first-order valence-corrected chi connectivity index (χ1v) is 30.2. The fourth-order valence-electron chi connectivity index (χ4n) is 10.3. The molecule has 0 radical (unpaired) electrons. The Morgan fingerprint density at radius 2 is 0.966 bits per heavy atom. The van der Waals surface area contributed by atoms with Crippen molar-refractivity contribution in [2.45, 2.75) is 92.5 Å². The van der Waals surface area contributed by atoms with E-state index in [9.17, 15) is 9.59 Å². The zero-order valence-electron chi connectivity index (χ0n) is 51.9. The van der Waals surface area contributed by atoms with E-state index in [-0.39, 0.29) is 23.4 Å². The predicted molar refractivity (Wildman–Crippen MR) is 341 cm³/mol. The van der Waals surface area contributed by atoms with Crippen molar-refractivity contribution < 1.29 is 28.5 Å². The Hall–Kier alpha value is -7.35. The van der Waals surface area contributed by atoms with Gasteiger partial charge >= 0.3 is 12.2 Å². The van der Waals surface area contributed by atoms with Gasteiger partial charge < -0.3 is 58.6 Å². The molecule has 2 aromatic carbocycles. The standard InChI is InChI=1S/C30H38ClN9O3.C25H27Cl2N7O3.C5H12N2/c1-17-12-22-21(14-32-36-22)25(23(17)31)42-27-24-20(13-18(2)33-27)26(35-28(34-24)40-15-19(16-40)37(6)7)38-8-10-39(11-9-38)29(41)43-30(3,4)5;1-13-10-17-16(12-28-32-17)20(18(13)26)36-22-19-15(11-14(2)29-22)21(31-23(27)30-19)33-6-8-34(9-7-33)24(35)37-25(3,4)5;1-7(2)5-3-6-4-5/h12-14,19H,8-11,15-16H2,1-7H3,(H,32,36);10-12H,6-9H2,1-5H3,(H,28,32);5-6H,3-4H2,1-2H3. The number of nitrogens with one attached hydrogen (secondary N) is 3. The van der Waals surface area contributed by atoms with Crippen LogP contribution in [0.3, 0.4) is 0 Å². The average Bonchev–Trinajstić information content (AvgIpc) is 3.34. The molecule has 27 heteroatoms. The van der Waals surface area contributed by atoms with E-state index in [0.29, 0.717) is 114 Å². The van der Waals surface area contributed by atoms with Gasteiger partial charge in [-0.05, 0) is 144 Å². The van der Waals surface area contributed by atoms with Crippen LogP contribution in [0.4, 0.5) is 27.2 Å². The molecule has 0 saturated carbocycles. The first-order chi connectivity index (χ1) is 41.2. The van der Waals surface area contributed by atoms with E-state index in [0.717, 1.165) is 74.3 Å². The molecular formula is C60H77Cl3N18O6. The Bertz CT molecular complexity index is 3840. The number of hydrogen-bond acceptors (Lipinski definition) is 20. The minimum absolute atomic E-state index is 0.0661. The second-order valence-electron chi connectivity index (χ2n) is 24.8. The summed E-state index contributed by atoms with van der Waals surface area (Å²) in [6, 6.07) is 8.98. The van der Waals surface area contributed by atoms with Crippen LogP contribution in [0.1, 0.15) is 64.1 Å². The van der Waals surface area contributed by atoms with Gasteiger partial charge in [-0.25, -0.2) is 29.5 Å². The molecule has 0 atom stereocenters. The Labute approximate surface area is 521 Å². The molecule has 0 aliphatic carbocycles. The normalized spacial score (nSPS) is 16.1. The molecule has 8 aromatic rings. The lowest BCUT2D eigenvalue weighted by molar-refractivity contribution is 0.0230. The number of carbonyl (C=O) groups is 2. The number of aromatic amines is 2. The van der Waals surface area contributed by atoms with Crippen LogP contribution in [-0.4, -0.2) is 212 Å². The van der Waals surface area contributed by atoms with Crippen molar-refractivity contribution in [2.24, 2.45) is 0 Å². The van der Waals surface area contributed by atoms with E-state index in [2.05, 4.69) is 93.4 Å². The van der Waals surface area contributed by atoms with E-state index < -0.39 is 11.2 Å². The summed E-state index contributed by atoms with van der Waals surface area (Å²) < 4.78 is 24.0. The van der Waals surface area contributed by atoms with E-state index in [1.54, 1.807) is 22.2 Å². The van der Waals surface area contributed by atoms with Gasteiger partial charge in [0.1, 0.15) is 33.9 Å². The fourth-order valence-corrected chi connectivity index (χ4v) is 10.9. The molecule has 0 bridgehead atoms. The molecule has 2 amide bonds. The van der Waals surface area contributed by atoms with Gasteiger partial charge in [-0.1, -0.05) is 23.2 Å². The molecule has 4 aliphatic rings. The van der Waals surface area contributed by atoms with Crippen LogP contribution in [0.15, 0.2) is 36.7 Å². The smallest absolute Gasteiger partial charge is 0.410 e.